The second-order valence-electron chi connectivity index (χ2n) is 15.2. The molecule has 0 aliphatic carbocycles. The molecule has 11 nitrogen and oxygen atoms in total. The molecule has 5 aliphatic heterocycles. The van der Waals surface area contributed by atoms with Crippen LogP contribution in [0.1, 0.15) is 49.3 Å². The first-order valence-electron chi connectivity index (χ1n) is 18.6. The number of nitrogens with one attached hydrogen (secondary N) is 1. The van der Waals surface area contributed by atoms with E-state index >= 15 is 0 Å². The third-order valence-electron chi connectivity index (χ3n) is 12.1. The van der Waals surface area contributed by atoms with Crippen LogP contribution in [0.4, 0.5) is 18.9 Å². The third kappa shape index (κ3) is 7.01. The third-order valence-corrected chi connectivity index (χ3v) is 12.4. The minimum absolute atomic E-state index is 0.0876. The largest absolute Gasteiger partial charge is 0.418 e. The Labute approximate surface area is 309 Å². The average molecular weight is 753 g/mol. The zero-order valence-electron chi connectivity index (χ0n) is 29.5. The maximum atomic E-state index is 14.2. The summed E-state index contributed by atoms with van der Waals surface area (Å²) >= 11 is 6.18. The van der Waals surface area contributed by atoms with Crippen molar-refractivity contribution in [3.8, 4) is 0 Å². The zero-order chi connectivity index (χ0) is 37.0. The number of fused-ring (bicyclic) bond motifs is 6. The number of amides is 2. The van der Waals surface area contributed by atoms with Crippen molar-refractivity contribution in [1.29, 1.82) is 0 Å². The summed E-state index contributed by atoms with van der Waals surface area (Å²) in [5.41, 5.74) is 6.27. The number of likely N-dealkylation sites (tertiary alicyclic amines) is 1. The Hall–Kier alpha value is -4.14. The predicted octanol–water partition coefficient (Wildman–Crippen LogP) is 4.78. The maximum Gasteiger partial charge on any atom is 0.418 e. The molecule has 7 heterocycles. The molecule has 2 atom stereocenters. The van der Waals surface area contributed by atoms with Gasteiger partial charge in [-0.15, -0.1) is 0 Å². The van der Waals surface area contributed by atoms with Gasteiger partial charge in [0.05, 0.1) is 44.9 Å². The topological polar surface area (TPSA) is 124 Å². The van der Waals surface area contributed by atoms with Gasteiger partial charge in [-0.25, -0.2) is 4.79 Å². The molecule has 0 saturated carbocycles. The number of imidazole rings is 1. The SMILES string of the molecule is Nc1c(Cl)cc(C[C@@H](CC(=O)N2CCC(n3c(=O)[nH]c4c5ccccc5ncc43)CC2)C(=O)N2CCN(C3CN4CCC3CC4)CC2)cc1C(F)(F)F. The quantitative estimate of drug-likeness (QED) is 0.261. The first kappa shape index (κ1) is 35.9. The van der Waals surface area contributed by atoms with Crippen molar-refractivity contribution in [2.24, 2.45) is 11.8 Å². The van der Waals surface area contributed by atoms with Crippen LogP contribution in [0.3, 0.4) is 0 Å². The number of halogens is 4. The van der Waals surface area contributed by atoms with Crippen LogP contribution in [-0.4, -0.2) is 111 Å². The number of pyridine rings is 1. The summed E-state index contributed by atoms with van der Waals surface area (Å²) in [4.78, 5) is 57.3. The van der Waals surface area contributed by atoms with Gasteiger partial charge < -0.3 is 25.4 Å². The Morgan fingerprint density at radius 1 is 0.962 bits per heavy atom. The molecule has 0 radical (unpaired) electrons. The van der Waals surface area contributed by atoms with Gasteiger partial charge in [0.25, 0.3) is 0 Å². The molecule has 3 N–H and O–H groups in total. The molecule has 2 amide bonds. The van der Waals surface area contributed by atoms with E-state index in [-0.39, 0.29) is 47.0 Å². The highest BCUT2D eigenvalue weighted by molar-refractivity contribution is 6.33. The number of rotatable bonds is 7. The first-order chi connectivity index (χ1) is 25.4. The van der Waals surface area contributed by atoms with Gasteiger partial charge in [-0.05, 0) is 74.9 Å². The summed E-state index contributed by atoms with van der Waals surface area (Å²) in [6, 6.07) is 10.2. The number of piperidine rings is 4. The smallest absolute Gasteiger partial charge is 0.397 e. The molecule has 2 aromatic carbocycles. The van der Waals surface area contributed by atoms with E-state index in [1.807, 2.05) is 24.3 Å². The minimum Gasteiger partial charge on any atom is -0.397 e. The van der Waals surface area contributed by atoms with Crippen molar-refractivity contribution < 1.29 is 22.8 Å². The number of nitrogen functional groups attached to an aromatic ring is 1. The number of nitrogens with two attached hydrogens (primary N) is 1. The van der Waals surface area contributed by atoms with Crippen molar-refractivity contribution in [2.75, 3.05) is 64.6 Å². The van der Waals surface area contributed by atoms with Crippen molar-refractivity contribution in [3.63, 3.8) is 0 Å². The molecule has 5 saturated heterocycles. The Bertz CT molecular complexity index is 2080. The molecule has 2 bridgehead atoms. The molecular weight excluding hydrogens is 709 g/mol. The fraction of sp³-hybridized carbons (Fsp3) is 0.526. The Kier molecular flexibility index (Phi) is 9.65. The molecule has 15 heteroatoms. The van der Waals surface area contributed by atoms with E-state index in [9.17, 15) is 27.6 Å². The number of anilines is 1. The highest BCUT2D eigenvalue weighted by Gasteiger charge is 2.40. The highest BCUT2D eigenvalue weighted by atomic mass is 35.5. The lowest BCUT2D eigenvalue weighted by Crippen LogP contribution is -2.61. The van der Waals surface area contributed by atoms with Crippen molar-refractivity contribution >= 4 is 51.0 Å². The molecule has 282 valence electrons. The zero-order valence-corrected chi connectivity index (χ0v) is 30.2. The van der Waals surface area contributed by atoms with Gasteiger partial charge >= 0.3 is 11.9 Å². The summed E-state index contributed by atoms with van der Waals surface area (Å²) in [6.07, 6.45) is 0.163. The number of hydrogen-bond donors (Lipinski definition) is 2. The van der Waals surface area contributed by atoms with Crippen LogP contribution in [0.25, 0.3) is 21.9 Å². The van der Waals surface area contributed by atoms with Gasteiger partial charge in [0, 0.05) is 69.7 Å². The normalized spacial score (nSPS) is 23.6. The number of hydrogen-bond acceptors (Lipinski definition) is 7. The molecule has 53 heavy (non-hydrogen) atoms. The number of carbonyl (C=O) groups is 2. The first-order valence-corrected chi connectivity index (χ1v) is 19.0. The standard InChI is InChI=1S/C38H44ClF3N8O3/c39-29-19-23(18-28(34(29)43)38(40,41)42)17-25(36(52)49-15-13-47(14-16-49)32-22-46-9-5-24(32)6-10-46)20-33(51)48-11-7-26(8-12-48)50-31-21-44-30-4-2-1-3-27(30)35(31)45-37(50)53/h1-4,18-19,21,24-26,32H,5-17,20,22,43H2,(H,45,53)/t25-,32?/m0/s1. The van der Waals surface area contributed by atoms with E-state index in [2.05, 4.69) is 19.8 Å². The number of aromatic amines is 1. The molecule has 1 unspecified atom stereocenters. The molecule has 5 fully saturated rings. The van der Waals surface area contributed by atoms with Crippen LogP contribution in [0.5, 0.6) is 0 Å². The second-order valence-corrected chi connectivity index (χ2v) is 15.6. The summed E-state index contributed by atoms with van der Waals surface area (Å²) < 4.78 is 43.4. The lowest BCUT2D eigenvalue weighted by atomic mass is 9.83. The van der Waals surface area contributed by atoms with E-state index in [0.29, 0.717) is 56.5 Å². The average Bonchev–Trinajstić information content (AvgIpc) is 3.51. The van der Waals surface area contributed by atoms with Gasteiger partial charge in [-0.1, -0.05) is 29.8 Å². The number of aromatic nitrogens is 3. The van der Waals surface area contributed by atoms with E-state index < -0.39 is 23.3 Å². The Morgan fingerprint density at radius 2 is 1.68 bits per heavy atom. The Balaban J connectivity index is 0.976. The number of H-pyrrole nitrogens is 1. The maximum absolute atomic E-state index is 14.2. The van der Waals surface area contributed by atoms with Crippen LogP contribution < -0.4 is 11.4 Å². The Morgan fingerprint density at radius 3 is 2.36 bits per heavy atom. The summed E-state index contributed by atoms with van der Waals surface area (Å²) in [5.74, 6) is -0.710. The van der Waals surface area contributed by atoms with E-state index in [1.165, 1.54) is 18.9 Å². The van der Waals surface area contributed by atoms with Gasteiger partial charge in [0.1, 0.15) is 0 Å². The van der Waals surface area contributed by atoms with Crippen molar-refractivity contribution in [2.45, 2.75) is 56.8 Å². The van der Waals surface area contributed by atoms with Crippen LogP contribution >= 0.6 is 11.6 Å². The number of para-hydroxylation sites is 1. The highest BCUT2D eigenvalue weighted by Crippen LogP contribution is 2.39. The van der Waals surface area contributed by atoms with E-state index in [0.717, 1.165) is 55.2 Å². The lowest BCUT2D eigenvalue weighted by Gasteiger charge is -2.51. The number of alkyl halides is 3. The lowest BCUT2D eigenvalue weighted by molar-refractivity contribution is -0.143. The number of piperazine rings is 1. The van der Waals surface area contributed by atoms with E-state index in [1.54, 1.807) is 20.6 Å². The summed E-state index contributed by atoms with van der Waals surface area (Å²) in [7, 11) is 0. The molecule has 0 spiro atoms. The van der Waals surface area contributed by atoms with Gasteiger partial charge in [0.15, 0.2) is 0 Å². The van der Waals surface area contributed by atoms with Gasteiger partial charge in [-0.2, -0.15) is 13.2 Å². The van der Waals surface area contributed by atoms with Crippen LogP contribution in [-0.2, 0) is 22.2 Å². The number of nitrogens with zero attached hydrogens (tertiary/aromatic N) is 6. The molecule has 5 aliphatic rings. The van der Waals surface area contributed by atoms with Crippen LogP contribution in [0.2, 0.25) is 5.02 Å². The van der Waals surface area contributed by atoms with Gasteiger partial charge in [0.2, 0.25) is 11.8 Å². The van der Waals surface area contributed by atoms with Gasteiger partial charge in [-0.3, -0.25) is 24.0 Å². The monoisotopic (exact) mass is 752 g/mol. The van der Waals surface area contributed by atoms with Crippen molar-refractivity contribution in [1.82, 2.24) is 34.1 Å². The fourth-order valence-electron chi connectivity index (χ4n) is 9.23. The summed E-state index contributed by atoms with van der Waals surface area (Å²) in [5, 5.41) is 0.616. The molecular formula is C38H44ClF3N8O3. The van der Waals surface area contributed by atoms with Crippen LogP contribution in [0.15, 0.2) is 47.4 Å². The fourth-order valence-corrected chi connectivity index (χ4v) is 9.48. The summed E-state index contributed by atoms with van der Waals surface area (Å²) in [6.45, 7) is 6.52. The van der Waals surface area contributed by atoms with Crippen LogP contribution in [0, 0.1) is 11.8 Å². The molecule has 2 aromatic heterocycles. The predicted molar refractivity (Wildman–Crippen MR) is 196 cm³/mol. The van der Waals surface area contributed by atoms with E-state index in [4.69, 9.17) is 17.3 Å². The number of benzene rings is 2. The van der Waals surface area contributed by atoms with Crippen molar-refractivity contribution in [3.05, 3.63) is 69.2 Å². The molecule has 4 aromatic rings. The minimum atomic E-state index is -4.73. The second kappa shape index (κ2) is 14.3. The number of carbonyl (C=O) groups excluding carboxylic acids is 2. The molecule has 9 rings (SSSR count).